The minimum atomic E-state index is 0.101. The number of thiophene rings is 1. The fourth-order valence-electron chi connectivity index (χ4n) is 3.33. The molecule has 134 valence electrons. The van der Waals surface area contributed by atoms with Crippen LogP contribution in [0.25, 0.3) is 0 Å². The molecule has 0 spiro atoms. The number of benzene rings is 1. The van der Waals surface area contributed by atoms with Crippen LogP contribution in [0.5, 0.6) is 0 Å². The summed E-state index contributed by atoms with van der Waals surface area (Å²) in [4.78, 5) is 16.5. The molecule has 0 bridgehead atoms. The molecule has 1 fully saturated rings. The molecule has 25 heavy (non-hydrogen) atoms. The van der Waals surface area contributed by atoms with E-state index in [4.69, 9.17) is 11.6 Å². The van der Waals surface area contributed by atoms with Gasteiger partial charge in [0, 0.05) is 15.5 Å². The molecule has 0 radical (unpaired) electrons. The lowest BCUT2D eigenvalue weighted by Gasteiger charge is -2.29. The van der Waals surface area contributed by atoms with Crippen LogP contribution < -0.4 is 15.1 Å². The van der Waals surface area contributed by atoms with E-state index in [0.717, 1.165) is 37.7 Å². The van der Waals surface area contributed by atoms with Crippen LogP contribution in [0.1, 0.15) is 23.4 Å². The molecule has 2 aromatic rings. The summed E-state index contributed by atoms with van der Waals surface area (Å²) in [6.45, 7) is 7.95. The minimum Gasteiger partial charge on any atom is -0.344 e. The Morgan fingerprint density at radius 3 is 2.48 bits per heavy atom. The predicted molar refractivity (Wildman–Crippen MR) is 102 cm³/mol. The van der Waals surface area contributed by atoms with Crippen LogP contribution in [-0.4, -0.2) is 38.6 Å². The van der Waals surface area contributed by atoms with E-state index in [9.17, 15) is 4.79 Å². The predicted octanol–water partition coefficient (Wildman–Crippen LogP) is 0.562. The van der Waals surface area contributed by atoms with Crippen LogP contribution >= 0.6 is 22.9 Å². The third-order valence-electron chi connectivity index (χ3n) is 4.79. The molecular formula is C19H26ClN3OS+2. The Bertz CT molecular complexity index is 666. The van der Waals surface area contributed by atoms with Gasteiger partial charge in [-0.1, -0.05) is 29.8 Å². The number of halogens is 1. The first-order chi connectivity index (χ1) is 12.1. The van der Waals surface area contributed by atoms with Crippen LogP contribution in [0.2, 0.25) is 5.02 Å². The van der Waals surface area contributed by atoms with Gasteiger partial charge in [-0.2, -0.15) is 0 Å². The summed E-state index contributed by atoms with van der Waals surface area (Å²) in [5, 5.41) is 5.95. The zero-order valence-electron chi connectivity index (χ0n) is 14.6. The fraction of sp³-hybridized carbons (Fsp3) is 0.421. The van der Waals surface area contributed by atoms with Gasteiger partial charge in [0.2, 0.25) is 0 Å². The molecule has 1 aliphatic heterocycles. The Kier molecular flexibility index (Phi) is 6.48. The van der Waals surface area contributed by atoms with Gasteiger partial charge in [-0.15, -0.1) is 11.3 Å². The van der Waals surface area contributed by atoms with Crippen molar-refractivity contribution < 1.29 is 14.6 Å². The van der Waals surface area contributed by atoms with Crippen molar-refractivity contribution in [3.05, 3.63) is 57.2 Å². The summed E-state index contributed by atoms with van der Waals surface area (Å²) in [6, 6.07) is 12.3. The smallest absolute Gasteiger partial charge is 0.275 e. The summed E-state index contributed by atoms with van der Waals surface area (Å²) in [5.74, 6) is 0.150. The summed E-state index contributed by atoms with van der Waals surface area (Å²) in [6.07, 6.45) is 0. The lowest BCUT2D eigenvalue weighted by molar-refractivity contribution is -1.02. The van der Waals surface area contributed by atoms with E-state index in [1.54, 1.807) is 16.2 Å². The van der Waals surface area contributed by atoms with Gasteiger partial charge in [0.15, 0.2) is 6.54 Å². The Labute approximate surface area is 158 Å². The molecule has 3 rings (SSSR count). The first-order valence-corrected chi connectivity index (χ1v) is 10.1. The highest BCUT2D eigenvalue weighted by atomic mass is 35.5. The Morgan fingerprint density at radius 2 is 1.84 bits per heavy atom. The second-order valence-electron chi connectivity index (χ2n) is 6.78. The van der Waals surface area contributed by atoms with Gasteiger partial charge in [-0.25, -0.2) is 0 Å². The molecule has 4 nitrogen and oxygen atoms in total. The number of carbonyl (C=O) groups excluding carboxylic acids is 1. The summed E-state index contributed by atoms with van der Waals surface area (Å²) < 4.78 is 0. The van der Waals surface area contributed by atoms with Gasteiger partial charge in [0.1, 0.15) is 32.7 Å². The maximum absolute atomic E-state index is 12.3. The van der Waals surface area contributed by atoms with E-state index in [0.29, 0.717) is 6.54 Å². The Balaban J connectivity index is 1.40. The normalized spacial score (nSPS) is 21.7. The topological polar surface area (TPSA) is 38.0 Å². The standard InChI is InChI=1S/C19H24ClN3OS/c1-15(18-3-2-12-25-18)21-19(24)14-23-10-8-22(9-11-23)13-16-4-6-17(20)7-5-16/h2-7,12,15H,8-11,13-14H2,1H3,(H,21,24)/p+2/t15-/m0/s1. The highest BCUT2D eigenvalue weighted by molar-refractivity contribution is 7.10. The lowest BCUT2D eigenvalue weighted by atomic mass is 10.2. The highest BCUT2D eigenvalue weighted by Gasteiger charge is 2.25. The van der Waals surface area contributed by atoms with Crippen LogP contribution in [0, 0.1) is 0 Å². The largest absolute Gasteiger partial charge is 0.344 e. The van der Waals surface area contributed by atoms with Crippen molar-refractivity contribution in [2.75, 3.05) is 32.7 Å². The van der Waals surface area contributed by atoms with Crippen molar-refractivity contribution in [3.63, 3.8) is 0 Å². The van der Waals surface area contributed by atoms with Crippen molar-refractivity contribution in [2.24, 2.45) is 0 Å². The number of amides is 1. The second kappa shape index (κ2) is 8.81. The molecule has 1 aromatic heterocycles. The van der Waals surface area contributed by atoms with Gasteiger partial charge >= 0.3 is 0 Å². The minimum absolute atomic E-state index is 0.101. The Morgan fingerprint density at radius 1 is 1.16 bits per heavy atom. The number of rotatable bonds is 6. The number of quaternary nitrogens is 2. The monoisotopic (exact) mass is 379 g/mol. The fourth-order valence-corrected chi connectivity index (χ4v) is 4.19. The zero-order chi connectivity index (χ0) is 17.6. The molecule has 1 aliphatic rings. The van der Waals surface area contributed by atoms with E-state index in [-0.39, 0.29) is 11.9 Å². The zero-order valence-corrected chi connectivity index (χ0v) is 16.1. The van der Waals surface area contributed by atoms with Gasteiger partial charge < -0.3 is 15.1 Å². The van der Waals surface area contributed by atoms with E-state index in [1.807, 2.05) is 30.5 Å². The van der Waals surface area contributed by atoms with Crippen LogP contribution in [-0.2, 0) is 11.3 Å². The summed E-state index contributed by atoms with van der Waals surface area (Å²) in [7, 11) is 0. The molecule has 1 saturated heterocycles. The molecule has 1 amide bonds. The SMILES string of the molecule is C[C@H](NC(=O)C[NH+]1CC[NH+](Cc2ccc(Cl)cc2)CC1)c1cccs1. The third-order valence-corrected chi connectivity index (χ3v) is 6.10. The van der Waals surface area contributed by atoms with Gasteiger partial charge in [-0.3, -0.25) is 4.79 Å². The first kappa shape index (κ1) is 18.4. The molecule has 3 N–H and O–H groups in total. The van der Waals surface area contributed by atoms with Gasteiger partial charge in [0.05, 0.1) is 6.04 Å². The van der Waals surface area contributed by atoms with E-state index < -0.39 is 0 Å². The average molecular weight is 380 g/mol. The van der Waals surface area contributed by atoms with Gasteiger partial charge in [0.25, 0.3) is 5.91 Å². The van der Waals surface area contributed by atoms with Crippen LogP contribution in [0.3, 0.4) is 0 Å². The maximum atomic E-state index is 12.3. The van der Waals surface area contributed by atoms with Crippen molar-refractivity contribution in [1.29, 1.82) is 0 Å². The van der Waals surface area contributed by atoms with Crippen molar-refractivity contribution in [2.45, 2.75) is 19.5 Å². The van der Waals surface area contributed by atoms with E-state index in [1.165, 1.54) is 15.3 Å². The van der Waals surface area contributed by atoms with Crippen LogP contribution in [0.4, 0.5) is 0 Å². The molecular weight excluding hydrogens is 354 g/mol. The van der Waals surface area contributed by atoms with Crippen molar-refractivity contribution in [1.82, 2.24) is 5.32 Å². The number of hydrogen-bond donors (Lipinski definition) is 3. The Hall–Kier alpha value is -1.40. The molecule has 6 heteroatoms. The van der Waals surface area contributed by atoms with Crippen molar-refractivity contribution in [3.8, 4) is 0 Å². The number of hydrogen-bond acceptors (Lipinski definition) is 2. The highest BCUT2D eigenvalue weighted by Crippen LogP contribution is 2.17. The first-order valence-electron chi connectivity index (χ1n) is 8.84. The van der Waals surface area contributed by atoms with E-state index >= 15 is 0 Å². The molecule has 1 aromatic carbocycles. The summed E-state index contributed by atoms with van der Waals surface area (Å²) >= 11 is 7.63. The summed E-state index contributed by atoms with van der Waals surface area (Å²) in [5.41, 5.74) is 1.32. The van der Waals surface area contributed by atoms with Crippen LogP contribution in [0.15, 0.2) is 41.8 Å². The van der Waals surface area contributed by atoms with Crippen molar-refractivity contribution >= 4 is 28.8 Å². The molecule has 0 aliphatic carbocycles. The molecule has 2 heterocycles. The third kappa shape index (κ3) is 5.54. The number of nitrogens with one attached hydrogen (secondary N) is 3. The number of carbonyl (C=O) groups is 1. The average Bonchev–Trinajstić information content (AvgIpc) is 3.13. The number of piperazine rings is 1. The second-order valence-corrected chi connectivity index (χ2v) is 8.20. The quantitative estimate of drug-likeness (QED) is 0.674. The lowest BCUT2D eigenvalue weighted by Crippen LogP contribution is -3.28. The molecule has 1 atom stereocenters. The molecule has 0 unspecified atom stereocenters. The van der Waals surface area contributed by atoms with Gasteiger partial charge in [-0.05, 0) is 30.5 Å². The van der Waals surface area contributed by atoms with E-state index in [2.05, 4.69) is 23.5 Å². The maximum Gasteiger partial charge on any atom is 0.275 e. The molecule has 0 saturated carbocycles.